The number of rotatable bonds is 32. The number of benzene rings is 2. The van der Waals surface area contributed by atoms with E-state index in [1.54, 1.807) is 0 Å². The molecule has 0 aliphatic rings. The number of aryl methyl sites for hydroxylation is 3. The number of hydrogen-bond acceptors (Lipinski definition) is 2. The molecule has 0 radical (unpaired) electrons. The number of nitrogens with zero attached hydrogens (tertiary/aromatic N) is 2. The molecule has 0 heterocycles. The van der Waals surface area contributed by atoms with Crippen LogP contribution in [0.25, 0.3) is 0 Å². The second-order valence-corrected chi connectivity index (χ2v) is 15.6. The Bertz CT molecular complexity index is 1120. The van der Waals surface area contributed by atoms with E-state index >= 15 is 0 Å². The molecule has 2 aromatic rings. The van der Waals surface area contributed by atoms with E-state index < -0.39 is 0 Å². The lowest BCUT2D eigenvalue weighted by atomic mass is 10.0. The van der Waals surface area contributed by atoms with Crippen molar-refractivity contribution in [1.29, 1.82) is 0 Å². The summed E-state index contributed by atoms with van der Waals surface area (Å²) in [6.45, 7) is 10.9. The molecule has 0 unspecified atom stereocenters. The zero-order chi connectivity index (χ0) is 35.9. The average molecular weight is 685 g/mol. The monoisotopic (exact) mass is 685 g/mol. The highest BCUT2D eigenvalue weighted by atomic mass is 14.8. The molecular weight excluding hydrogens is 605 g/mol. The second kappa shape index (κ2) is 30.4. The molecule has 2 rings (SSSR count). The average Bonchev–Trinajstić information content (AvgIpc) is 3.10. The molecule has 0 aromatic heterocycles. The molecule has 0 amide bonds. The topological polar surface area (TPSA) is 24.7 Å². The summed E-state index contributed by atoms with van der Waals surface area (Å²) in [6.07, 6.45) is 40.6. The van der Waals surface area contributed by atoms with E-state index in [1.807, 2.05) is 0 Å². The number of aliphatic imine (C=N–C) groups is 2. The molecule has 0 bridgehead atoms. The van der Waals surface area contributed by atoms with Crippen molar-refractivity contribution in [2.45, 2.75) is 221 Å². The maximum absolute atomic E-state index is 5.06. The van der Waals surface area contributed by atoms with Gasteiger partial charge < -0.3 is 0 Å². The van der Waals surface area contributed by atoms with E-state index in [9.17, 15) is 0 Å². The molecular formula is C48H80N2. The largest absolute Gasteiger partial charge is 0.252 e. The van der Waals surface area contributed by atoms with Gasteiger partial charge in [-0.2, -0.15) is 0 Å². The molecule has 2 heteroatoms. The Morgan fingerprint density at radius 2 is 0.800 bits per heavy atom. The van der Waals surface area contributed by atoms with Crippen LogP contribution in [0.5, 0.6) is 0 Å². The van der Waals surface area contributed by atoms with Gasteiger partial charge in [-0.05, 0) is 87.4 Å². The van der Waals surface area contributed by atoms with Crippen LogP contribution in [0, 0.1) is 13.8 Å². The first-order valence-electron chi connectivity index (χ1n) is 21.8. The molecule has 50 heavy (non-hydrogen) atoms. The molecule has 282 valence electrons. The quantitative estimate of drug-likeness (QED) is 0.0541. The van der Waals surface area contributed by atoms with E-state index in [0.29, 0.717) is 0 Å². The van der Waals surface area contributed by atoms with Crippen LogP contribution in [-0.2, 0) is 6.42 Å². The van der Waals surface area contributed by atoms with Crippen molar-refractivity contribution in [3.8, 4) is 0 Å². The minimum Gasteiger partial charge on any atom is -0.252 e. The second-order valence-electron chi connectivity index (χ2n) is 15.6. The minimum atomic E-state index is 0.970. The molecule has 0 spiro atoms. The van der Waals surface area contributed by atoms with Crippen LogP contribution < -0.4 is 0 Å². The smallest absolute Gasteiger partial charge is 0.0638 e. The summed E-state index contributed by atoms with van der Waals surface area (Å²) in [7, 11) is 0. The Kier molecular flexibility index (Phi) is 26.7. The van der Waals surface area contributed by atoms with Crippen LogP contribution >= 0.6 is 0 Å². The Balaban J connectivity index is 1.44. The molecule has 2 aromatic carbocycles. The van der Waals surface area contributed by atoms with Gasteiger partial charge in [0.25, 0.3) is 0 Å². The van der Waals surface area contributed by atoms with Gasteiger partial charge in [0, 0.05) is 0 Å². The SMILES string of the molecule is CCCCCCCCCCCCCCCCCCCCCCCCCCCc1ccc(N=C(CCCC)C(C)=Nc2cc(C)cc(C)c2)cc1. The fourth-order valence-corrected chi connectivity index (χ4v) is 7.30. The summed E-state index contributed by atoms with van der Waals surface area (Å²) < 4.78 is 0. The molecule has 2 nitrogen and oxygen atoms in total. The van der Waals surface area contributed by atoms with Crippen LogP contribution in [0.15, 0.2) is 52.4 Å². The van der Waals surface area contributed by atoms with Gasteiger partial charge in [0.15, 0.2) is 0 Å². The van der Waals surface area contributed by atoms with Gasteiger partial charge in [0.1, 0.15) is 0 Å². The van der Waals surface area contributed by atoms with Gasteiger partial charge in [-0.1, -0.05) is 193 Å². The first-order chi connectivity index (χ1) is 24.5. The number of unbranched alkanes of at least 4 members (excludes halogenated alkanes) is 25. The highest BCUT2D eigenvalue weighted by Crippen LogP contribution is 2.21. The van der Waals surface area contributed by atoms with Crippen molar-refractivity contribution in [1.82, 2.24) is 0 Å². The minimum absolute atomic E-state index is 0.970. The summed E-state index contributed by atoms with van der Waals surface area (Å²) in [5.74, 6) is 0. The predicted molar refractivity (Wildman–Crippen MR) is 227 cm³/mol. The van der Waals surface area contributed by atoms with E-state index in [-0.39, 0.29) is 0 Å². The lowest BCUT2D eigenvalue weighted by Crippen LogP contribution is -2.10. The molecule has 0 aliphatic carbocycles. The van der Waals surface area contributed by atoms with Crippen LogP contribution in [-0.4, -0.2) is 11.4 Å². The third-order valence-electron chi connectivity index (χ3n) is 10.5. The van der Waals surface area contributed by atoms with Crippen molar-refractivity contribution in [3.63, 3.8) is 0 Å². The van der Waals surface area contributed by atoms with Gasteiger partial charge in [0.05, 0.1) is 22.8 Å². The van der Waals surface area contributed by atoms with Gasteiger partial charge in [-0.15, -0.1) is 0 Å². The predicted octanol–water partition coefficient (Wildman–Crippen LogP) is 16.7. The fourth-order valence-electron chi connectivity index (χ4n) is 7.30. The molecule has 0 fully saturated rings. The van der Waals surface area contributed by atoms with Crippen molar-refractivity contribution in [2.75, 3.05) is 0 Å². The summed E-state index contributed by atoms with van der Waals surface area (Å²) in [5, 5.41) is 0. The Morgan fingerprint density at radius 3 is 1.20 bits per heavy atom. The van der Waals surface area contributed by atoms with Gasteiger partial charge in [-0.3, -0.25) is 9.98 Å². The maximum atomic E-state index is 5.06. The summed E-state index contributed by atoms with van der Waals surface area (Å²) in [5.41, 5.74) is 8.16. The fraction of sp³-hybridized carbons (Fsp3) is 0.708. The van der Waals surface area contributed by atoms with Crippen molar-refractivity contribution >= 4 is 22.8 Å². The first kappa shape index (κ1) is 43.9. The van der Waals surface area contributed by atoms with Gasteiger partial charge >= 0.3 is 0 Å². The highest BCUT2D eigenvalue weighted by Gasteiger charge is 2.06. The van der Waals surface area contributed by atoms with E-state index in [1.165, 1.54) is 184 Å². The third kappa shape index (κ3) is 23.3. The summed E-state index contributed by atoms with van der Waals surface area (Å²) in [6, 6.07) is 15.5. The maximum Gasteiger partial charge on any atom is 0.0638 e. The first-order valence-corrected chi connectivity index (χ1v) is 21.8. The van der Waals surface area contributed by atoms with E-state index in [2.05, 4.69) is 77.1 Å². The lowest BCUT2D eigenvalue weighted by Gasteiger charge is -2.08. The standard InChI is InChI=1S/C48H80N2/c1-6-8-10-11-12-13-14-15-16-17-18-19-20-21-22-23-24-25-26-27-28-29-30-31-32-33-45-35-37-46(38-36-45)50-48(34-9-7-2)44(5)49-47-40-42(3)39-43(4)41-47/h35-41H,6-34H2,1-5H3. The zero-order valence-corrected chi connectivity index (χ0v) is 33.9. The van der Waals surface area contributed by atoms with Crippen LogP contribution in [0.3, 0.4) is 0 Å². The van der Waals surface area contributed by atoms with Crippen molar-refractivity contribution in [3.05, 3.63) is 59.2 Å². The van der Waals surface area contributed by atoms with Gasteiger partial charge in [0.2, 0.25) is 0 Å². The Morgan fingerprint density at radius 1 is 0.420 bits per heavy atom. The van der Waals surface area contributed by atoms with Crippen molar-refractivity contribution in [2.24, 2.45) is 9.98 Å². The van der Waals surface area contributed by atoms with E-state index in [0.717, 1.165) is 42.1 Å². The zero-order valence-electron chi connectivity index (χ0n) is 33.9. The number of hydrogen-bond donors (Lipinski definition) is 0. The highest BCUT2D eigenvalue weighted by molar-refractivity contribution is 6.42. The third-order valence-corrected chi connectivity index (χ3v) is 10.5. The normalized spacial score (nSPS) is 12.3. The van der Waals surface area contributed by atoms with Gasteiger partial charge in [-0.25, -0.2) is 0 Å². The lowest BCUT2D eigenvalue weighted by molar-refractivity contribution is 0.516. The van der Waals surface area contributed by atoms with Crippen LogP contribution in [0.2, 0.25) is 0 Å². The van der Waals surface area contributed by atoms with E-state index in [4.69, 9.17) is 9.98 Å². The van der Waals surface area contributed by atoms with Crippen LogP contribution in [0.1, 0.15) is 217 Å². The Hall–Kier alpha value is -2.22. The summed E-state index contributed by atoms with van der Waals surface area (Å²) in [4.78, 5) is 10.0. The molecule has 0 saturated heterocycles. The summed E-state index contributed by atoms with van der Waals surface area (Å²) >= 11 is 0. The van der Waals surface area contributed by atoms with Crippen LogP contribution in [0.4, 0.5) is 11.4 Å². The Labute approximate surface area is 311 Å². The molecule has 0 saturated carbocycles. The molecule has 0 aliphatic heterocycles. The molecule has 0 atom stereocenters. The molecule has 0 N–H and O–H groups in total. The van der Waals surface area contributed by atoms with Crippen molar-refractivity contribution < 1.29 is 0 Å².